The number of fused-ring (bicyclic) bond motifs is 5. The maximum absolute atomic E-state index is 10.3. The van der Waals surface area contributed by atoms with Crippen molar-refractivity contribution in [3.8, 4) is 0 Å². The third-order valence-corrected chi connectivity index (χ3v) is 11.8. The normalized spacial score (nSPS) is 46.6. The van der Waals surface area contributed by atoms with Crippen molar-refractivity contribution in [3.63, 3.8) is 0 Å². The van der Waals surface area contributed by atoms with Crippen LogP contribution in [-0.2, 0) is 0 Å². The van der Waals surface area contributed by atoms with Gasteiger partial charge >= 0.3 is 0 Å². The molecule has 0 spiro atoms. The Morgan fingerprint density at radius 1 is 0.968 bits per heavy atom. The van der Waals surface area contributed by atoms with Gasteiger partial charge in [0.2, 0.25) is 0 Å². The summed E-state index contributed by atoms with van der Waals surface area (Å²) in [6.07, 6.45) is 25.0. The molecule has 0 bridgehead atoms. The predicted molar refractivity (Wildman–Crippen MR) is 131 cm³/mol. The third kappa shape index (κ3) is 3.98. The summed E-state index contributed by atoms with van der Waals surface area (Å²) in [6.45, 7) is 7.91. The molecule has 0 aromatic rings. The Morgan fingerprint density at radius 2 is 1.77 bits per heavy atom. The zero-order chi connectivity index (χ0) is 21.6. The molecule has 31 heavy (non-hydrogen) atoms. The van der Waals surface area contributed by atoms with Gasteiger partial charge < -0.3 is 5.11 Å². The Morgan fingerprint density at radius 3 is 2.58 bits per heavy atom. The first kappa shape index (κ1) is 22.5. The highest BCUT2D eigenvalue weighted by atomic mass is 16.3. The Kier molecular flexibility index (Phi) is 6.39. The first-order valence-corrected chi connectivity index (χ1v) is 14.3. The molecule has 0 heterocycles. The van der Waals surface area contributed by atoms with Gasteiger partial charge in [-0.2, -0.15) is 0 Å². The molecule has 0 saturated heterocycles. The second kappa shape index (κ2) is 8.81. The van der Waals surface area contributed by atoms with E-state index in [0.29, 0.717) is 10.8 Å². The molecule has 5 aliphatic carbocycles. The van der Waals surface area contributed by atoms with Crippen LogP contribution in [0.1, 0.15) is 124 Å². The van der Waals surface area contributed by atoms with Crippen LogP contribution in [0.2, 0.25) is 0 Å². The molecule has 1 heteroatoms. The molecular formula is C30H50O. The van der Waals surface area contributed by atoms with Gasteiger partial charge in [-0.1, -0.05) is 83.8 Å². The SMILES string of the molecule is CC(CCCC1CCCCC1)[C@H]1CCC2[C@@H]3CC=C4C[C@@H](O)CCC4(C)C3CCC21C. The zero-order valence-electron chi connectivity index (χ0n) is 20.9. The van der Waals surface area contributed by atoms with E-state index >= 15 is 0 Å². The predicted octanol–water partition coefficient (Wildman–Crippen LogP) is 8.31. The molecule has 5 unspecified atom stereocenters. The van der Waals surface area contributed by atoms with E-state index in [9.17, 15) is 5.11 Å². The Labute approximate surface area is 192 Å². The molecule has 0 aliphatic heterocycles. The minimum atomic E-state index is -0.0740. The molecule has 0 aromatic heterocycles. The van der Waals surface area contributed by atoms with Crippen LogP contribution in [0, 0.1) is 46.3 Å². The van der Waals surface area contributed by atoms with Crippen LogP contribution < -0.4 is 0 Å². The lowest BCUT2D eigenvalue weighted by atomic mass is 9.47. The smallest absolute Gasteiger partial charge is 0.0577 e. The summed E-state index contributed by atoms with van der Waals surface area (Å²) in [5.41, 5.74) is 2.62. The molecule has 4 fully saturated rings. The number of hydrogen-bond donors (Lipinski definition) is 1. The lowest BCUT2D eigenvalue weighted by Gasteiger charge is -2.58. The molecule has 5 rings (SSSR count). The molecule has 5 aliphatic rings. The summed E-state index contributed by atoms with van der Waals surface area (Å²) in [5, 5.41) is 10.3. The van der Waals surface area contributed by atoms with E-state index in [0.717, 1.165) is 48.3 Å². The summed E-state index contributed by atoms with van der Waals surface area (Å²) in [4.78, 5) is 0. The quantitative estimate of drug-likeness (QED) is 0.438. The molecule has 0 radical (unpaired) electrons. The van der Waals surface area contributed by atoms with E-state index in [-0.39, 0.29) is 6.10 Å². The Hall–Kier alpha value is -0.300. The number of hydrogen-bond acceptors (Lipinski definition) is 1. The molecule has 0 amide bonds. The van der Waals surface area contributed by atoms with E-state index < -0.39 is 0 Å². The maximum atomic E-state index is 10.3. The molecule has 1 N–H and O–H groups in total. The Bertz CT molecular complexity index is 659. The average molecular weight is 427 g/mol. The van der Waals surface area contributed by atoms with Crippen LogP contribution in [0.15, 0.2) is 11.6 Å². The van der Waals surface area contributed by atoms with E-state index in [1.807, 2.05) is 0 Å². The summed E-state index contributed by atoms with van der Waals surface area (Å²) in [6, 6.07) is 0. The van der Waals surface area contributed by atoms with Crippen LogP contribution in [0.3, 0.4) is 0 Å². The number of aliphatic hydroxyl groups excluding tert-OH is 1. The molecule has 1 nitrogen and oxygen atoms in total. The monoisotopic (exact) mass is 426 g/mol. The zero-order valence-corrected chi connectivity index (χ0v) is 20.9. The van der Waals surface area contributed by atoms with Crippen LogP contribution in [-0.4, -0.2) is 11.2 Å². The second-order valence-corrected chi connectivity index (χ2v) is 13.3. The first-order chi connectivity index (χ1) is 14.9. The maximum Gasteiger partial charge on any atom is 0.0577 e. The summed E-state index contributed by atoms with van der Waals surface area (Å²) in [7, 11) is 0. The van der Waals surface area contributed by atoms with Gasteiger partial charge in [0.25, 0.3) is 0 Å². The number of allylic oxidation sites excluding steroid dienone is 1. The van der Waals surface area contributed by atoms with Gasteiger partial charge in [0.05, 0.1) is 6.10 Å². The van der Waals surface area contributed by atoms with Crippen molar-refractivity contribution in [1.82, 2.24) is 0 Å². The van der Waals surface area contributed by atoms with Gasteiger partial charge in [-0.05, 0) is 97.7 Å². The van der Waals surface area contributed by atoms with Crippen LogP contribution in [0.4, 0.5) is 0 Å². The van der Waals surface area contributed by atoms with E-state index in [1.165, 1.54) is 89.9 Å². The van der Waals surface area contributed by atoms with Crippen molar-refractivity contribution in [2.75, 3.05) is 0 Å². The van der Waals surface area contributed by atoms with E-state index in [2.05, 4.69) is 26.8 Å². The first-order valence-electron chi connectivity index (χ1n) is 14.3. The van der Waals surface area contributed by atoms with Crippen LogP contribution >= 0.6 is 0 Å². The highest BCUT2D eigenvalue weighted by Crippen LogP contribution is 2.67. The number of aliphatic hydroxyl groups is 1. The van der Waals surface area contributed by atoms with Crippen molar-refractivity contribution in [2.24, 2.45) is 46.3 Å². The van der Waals surface area contributed by atoms with E-state index in [1.54, 1.807) is 5.57 Å². The van der Waals surface area contributed by atoms with Crippen molar-refractivity contribution < 1.29 is 5.11 Å². The lowest BCUT2D eigenvalue weighted by Crippen LogP contribution is -2.50. The van der Waals surface area contributed by atoms with Crippen LogP contribution in [0.25, 0.3) is 0 Å². The summed E-state index contributed by atoms with van der Waals surface area (Å²) >= 11 is 0. The van der Waals surface area contributed by atoms with Crippen molar-refractivity contribution >= 4 is 0 Å². The molecule has 4 saturated carbocycles. The van der Waals surface area contributed by atoms with Gasteiger partial charge in [0.15, 0.2) is 0 Å². The fourth-order valence-corrected chi connectivity index (χ4v) is 10.0. The summed E-state index contributed by atoms with van der Waals surface area (Å²) in [5.74, 6) is 5.71. The Balaban J connectivity index is 1.23. The van der Waals surface area contributed by atoms with E-state index in [4.69, 9.17) is 0 Å². The van der Waals surface area contributed by atoms with Gasteiger partial charge in [-0.15, -0.1) is 0 Å². The molecule has 8 atom stereocenters. The lowest BCUT2D eigenvalue weighted by molar-refractivity contribution is -0.0573. The molecular weight excluding hydrogens is 376 g/mol. The highest BCUT2D eigenvalue weighted by molar-refractivity contribution is 5.25. The third-order valence-electron chi connectivity index (χ3n) is 11.8. The fraction of sp³-hybridized carbons (Fsp3) is 0.933. The van der Waals surface area contributed by atoms with Crippen molar-refractivity contribution in [2.45, 2.75) is 130 Å². The number of rotatable bonds is 5. The highest BCUT2D eigenvalue weighted by Gasteiger charge is 2.59. The summed E-state index contributed by atoms with van der Waals surface area (Å²) < 4.78 is 0. The largest absolute Gasteiger partial charge is 0.393 e. The van der Waals surface area contributed by atoms with Crippen LogP contribution in [0.5, 0.6) is 0 Å². The minimum absolute atomic E-state index is 0.0740. The second-order valence-electron chi connectivity index (χ2n) is 13.3. The average Bonchev–Trinajstić information content (AvgIpc) is 3.12. The van der Waals surface area contributed by atoms with Crippen molar-refractivity contribution in [1.29, 1.82) is 0 Å². The van der Waals surface area contributed by atoms with Gasteiger partial charge in [0.1, 0.15) is 0 Å². The van der Waals surface area contributed by atoms with Gasteiger partial charge in [-0.25, -0.2) is 0 Å². The van der Waals surface area contributed by atoms with Gasteiger partial charge in [-0.3, -0.25) is 0 Å². The fourth-order valence-electron chi connectivity index (χ4n) is 10.0. The topological polar surface area (TPSA) is 20.2 Å². The minimum Gasteiger partial charge on any atom is -0.393 e. The molecule has 176 valence electrons. The van der Waals surface area contributed by atoms with Gasteiger partial charge in [0, 0.05) is 0 Å². The van der Waals surface area contributed by atoms with Crippen molar-refractivity contribution in [3.05, 3.63) is 11.6 Å². The standard InChI is InChI=1S/C30H50O/c1-21(8-7-11-22-9-5-4-6-10-22)26-14-15-27-25-13-12-23-20-24(31)16-18-29(23,2)28(25)17-19-30(26,27)3/h12,21-22,24-28,31H,4-11,13-20H2,1-3H3/t21?,24-,25-,26+,27?,28?,29?,30?/m0/s1. The molecule has 0 aromatic carbocycles.